The topological polar surface area (TPSA) is 61.3 Å². The Morgan fingerprint density at radius 2 is 1.61 bits per heavy atom. The number of hydrogen-bond donors (Lipinski definition) is 0. The molecule has 0 aromatic carbocycles. The van der Waals surface area contributed by atoms with E-state index in [0.717, 1.165) is 0 Å². The Hall–Kier alpha value is -2.08. The van der Waals surface area contributed by atoms with E-state index >= 15 is 0 Å². The molecule has 0 radical (unpaired) electrons. The van der Waals surface area contributed by atoms with E-state index in [2.05, 4.69) is 19.2 Å². The van der Waals surface area contributed by atoms with Crippen LogP contribution < -0.4 is 0 Å². The highest BCUT2D eigenvalue weighted by Crippen LogP contribution is 2.10. The summed E-state index contributed by atoms with van der Waals surface area (Å²) < 4.78 is 9.07. The van der Waals surface area contributed by atoms with Crippen LogP contribution in [0.2, 0.25) is 0 Å². The standard InChI is InChI=1S/C7H11NO2.C5H7NO2/c1-5-10-6(9)7(2,3)8-4;1-3-8-5(7)4-6-2/h5H2,1-3H3;3-4H2,1H3. The van der Waals surface area contributed by atoms with Crippen molar-refractivity contribution in [2.75, 3.05) is 19.8 Å². The molecule has 0 N–H and O–H groups in total. The molecular weight excluding hydrogens is 236 g/mol. The molecule has 0 aliphatic carbocycles. The quantitative estimate of drug-likeness (QED) is 0.566. The molecule has 100 valence electrons. The first-order valence-corrected chi connectivity index (χ1v) is 5.40. The van der Waals surface area contributed by atoms with Crippen LogP contribution in [0.15, 0.2) is 0 Å². The second-order valence-corrected chi connectivity index (χ2v) is 3.51. The van der Waals surface area contributed by atoms with Gasteiger partial charge in [-0.1, -0.05) is 0 Å². The molecule has 0 unspecified atom stereocenters. The third kappa shape index (κ3) is 9.17. The van der Waals surface area contributed by atoms with Gasteiger partial charge in [-0.25, -0.2) is 22.7 Å². The molecule has 0 aliphatic heterocycles. The highest BCUT2D eigenvalue weighted by molar-refractivity contribution is 5.81. The third-order valence-corrected chi connectivity index (χ3v) is 1.57. The van der Waals surface area contributed by atoms with Crippen molar-refractivity contribution >= 4 is 11.9 Å². The maximum atomic E-state index is 10.9. The van der Waals surface area contributed by atoms with E-state index in [0.29, 0.717) is 13.2 Å². The summed E-state index contributed by atoms with van der Waals surface area (Å²) in [4.78, 5) is 27.0. The average Bonchev–Trinajstić information content (AvgIpc) is 2.31. The van der Waals surface area contributed by atoms with Gasteiger partial charge in [0, 0.05) is 13.8 Å². The normalized spacial score (nSPS) is 9.00. The monoisotopic (exact) mass is 254 g/mol. The van der Waals surface area contributed by atoms with E-state index in [9.17, 15) is 9.59 Å². The first-order chi connectivity index (χ1) is 8.35. The van der Waals surface area contributed by atoms with Crippen molar-refractivity contribution in [3.8, 4) is 0 Å². The summed E-state index contributed by atoms with van der Waals surface area (Å²) in [6.45, 7) is 19.9. The summed E-state index contributed by atoms with van der Waals surface area (Å²) in [5.74, 6) is -0.896. The Morgan fingerprint density at radius 3 is 1.94 bits per heavy atom. The van der Waals surface area contributed by atoms with Gasteiger partial charge in [0.05, 0.1) is 13.2 Å². The number of carbonyl (C=O) groups excluding carboxylic acids is 2. The molecule has 0 spiro atoms. The van der Waals surface area contributed by atoms with Gasteiger partial charge in [-0.3, -0.25) is 4.85 Å². The molecule has 0 bridgehead atoms. The van der Waals surface area contributed by atoms with Crippen LogP contribution in [0.1, 0.15) is 27.7 Å². The minimum atomic E-state index is -1.02. The predicted molar refractivity (Wildman–Crippen MR) is 65.4 cm³/mol. The van der Waals surface area contributed by atoms with E-state index < -0.39 is 17.5 Å². The lowest BCUT2D eigenvalue weighted by Gasteiger charge is -2.08. The molecule has 0 heterocycles. The highest BCUT2D eigenvalue weighted by atomic mass is 16.5. The number of hydrogen-bond acceptors (Lipinski definition) is 4. The summed E-state index contributed by atoms with van der Waals surface area (Å²) in [6.07, 6.45) is 0. The van der Waals surface area contributed by atoms with E-state index in [1.165, 1.54) is 13.8 Å². The van der Waals surface area contributed by atoms with Crippen LogP contribution in [-0.4, -0.2) is 37.2 Å². The minimum absolute atomic E-state index is 0.159. The summed E-state index contributed by atoms with van der Waals surface area (Å²) in [5.41, 5.74) is -1.02. The Balaban J connectivity index is 0. The molecule has 0 aromatic heterocycles. The Morgan fingerprint density at radius 1 is 1.11 bits per heavy atom. The zero-order chi connectivity index (χ0) is 14.6. The summed E-state index contributed by atoms with van der Waals surface area (Å²) in [7, 11) is 0. The van der Waals surface area contributed by atoms with Gasteiger partial charge in [0.1, 0.15) is 0 Å². The highest BCUT2D eigenvalue weighted by Gasteiger charge is 2.35. The lowest BCUT2D eigenvalue weighted by molar-refractivity contribution is -0.146. The van der Waals surface area contributed by atoms with Crippen molar-refractivity contribution in [3.63, 3.8) is 0 Å². The van der Waals surface area contributed by atoms with Gasteiger partial charge < -0.3 is 14.3 Å². The zero-order valence-electron chi connectivity index (χ0n) is 11.1. The largest absolute Gasteiger partial charge is 0.460 e. The fraction of sp³-hybridized carbons (Fsp3) is 0.667. The van der Waals surface area contributed by atoms with E-state index in [-0.39, 0.29) is 6.54 Å². The van der Waals surface area contributed by atoms with Crippen LogP contribution in [0.25, 0.3) is 9.69 Å². The lowest BCUT2D eigenvalue weighted by Crippen LogP contribution is -2.29. The summed E-state index contributed by atoms with van der Waals surface area (Å²) >= 11 is 0. The van der Waals surface area contributed by atoms with E-state index in [1.54, 1.807) is 13.8 Å². The second kappa shape index (κ2) is 10.1. The van der Waals surface area contributed by atoms with Gasteiger partial charge in [-0.2, -0.15) is 0 Å². The van der Waals surface area contributed by atoms with Crippen LogP contribution in [0.5, 0.6) is 0 Å². The van der Waals surface area contributed by atoms with Crippen LogP contribution in [0, 0.1) is 13.1 Å². The van der Waals surface area contributed by atoms with Crippen molar-refractivity contribution in [1.82, 2.24) is 0 Å². The predicted octanol–water partition coefficient (Wildman–Crippen LogP) is 1.72. The van der Waals surface area contributed by atoms with Crippen LogP contribution in [0.4, 0.5) is 0 Å². The second-order valence-electron chi connectivity index (χ2n) is 3.51. The van der Waals surface area contributed by atoms with Gasteiger partial charge in [0.2, 0.25) is 0 Å². The van der Waals surface area contributed by atoms with Gasteiger partial charge in [-0.05, 0) is 13.8 Å². The first-order valence-electron chi connectivity index (χ1n) is 5.40. The number of carbonyl (C=O) groups is 2. The van der Waals surface area contributed by atoms with Gasteiger partial charge in [0.25, 0.3) is 0 Å². The van der Waals surface area contributed by atoms with Crippen molar-refractivity contribution in [2.24, 2.45) is 0 Å². The zero-order valence-corrected chi connectivity index (χ0v) is 11.1. The molecule has 0 fully saturated rings. The molecule has 18 heavy (non-hydrogen) atoms. The molecule has 6 heteroatoms. The third-order valence-electron chi connectivity index (χ3n) is 1.57. The Labute approximate surface area is 108 Å². The number of ether oxygens (including phenoxy) is 2. The van der Waals surface area contributed by atoms with Gasteiger partial charge in [-0.15, -0.1) is 0 Å². The van der Waals surface area contributed by atoms with Gasteiger partial charge >= 0.3 is 24.0 Å². The smallest absolute Gasteiger partial charge is 0.392 e. The molecule has 0 aromatic rings. The van der Waals surface area contributed by atoms with Crippen molar-refractivity contribution < 1.29 is 19.1 Å². The molecule has 0 rings (SSSR count). The number of esters is 2. The number of nitrogens with zero attached hydrogens (tertiary/aromatic N) is 2. The lowest BCUT2D eigenvalue weighted by atomic mass is 10.1. The molecule has 0 atom stereocenters. The molecule has 0 aliphatic rings. The minimum Gasteiger partial charge on any atom is -0.460 e. The van der Waals surface area contributed by atoms with Crippen LogP contribution in [-0.2, 0) is 19.1 Å². The summed E-state index contributed by atoms with van der Waals surface area (Å²) in [6, 6.07) is 0. The van der Waals surface area contributed by atoms with Crippen LogP contribution >= 0.6 is 0 Å². The van der Waals surface area contributed by atoms with Gasteiger partial charge in [0.15, 0.2) is 0 Å². The fourth-order valence-electron chi connectivity index (χ4n) is 0.625. The molecule has 6 nitrogen and oxygen atoms in total. The molecular formula is C12H18N2O4. The van der Waals surface area contributed by atoms with E-state index in [4.69, 9.17) is 13.1 Å². The Bertz CT molecular complexity index is 350. The first kappa shape index (κ1) is 18.3. The van der Waals surface area contributed by atoms with Crippen LogP contribution in [0.3, 0.4) is 0 Å². The summed E-state index contributed by atoms with van der Waals surface area (Å²) in [5, 5.41) is 0. The van der Waals surface area contributed by atoms with Crippen molar-refractivity contribution in [3.05, 3.63) is 22.8 Å². The maximum Gasteiger partial charge on any atom is 0.392 e. The Kier molecular flexibility index (Phi) is 10.3. The van der Waals surface area contributed by atoms with Crippen molar-refractivity contribution in [2.45, 2.75) is 33.2 Å². The van der Waals surface area contributed by atoms with Crippen molar-refractivity contribution in [1.29, 1.82) is 0 Å². The fourth-order valence-corrected chi connectivity index (χ4v) is 0.625. The number of rotatable bonds is 4. The molecule has 0 saturated carbocycles. The average molecular weight is 254 g/mol. The maximum absolute atomic E-state index is 10.9. The molecule has 0 amide bonds. The SMILES string of the molecule is [C-]#[N+]C(C)(C)C(=O)OCC.[C-]#[N+]CC(=O)OCC. The van der Waals surface area contributed by atoms with E-state index in [1.807, 2.05) is 0 Å². The molecule has 0 saturated heterocycles.